The normalized spacial score (nSPS) is 33.0. The van der Waals surface area contributed by atoms with Crippen molar-refractivity contribution in [3.8, 4) is 5.75 Å². The van der Waals surface area contributed by atoms with Crippen LogP contribution < -0.4 is 4.90 Å². The lowest BCUT2D eigenvalue weighted by Gasteiger charge is -2.50. The van der Waals surface area contributed by atoms with Crippen molar-refractivity contribution in [2.45, 2.75) is 35.4 Å². The Kier molecular flexibility index (Phi) is 5.70. The molecule has 0 spiro atoms. The molecule has 3 fully saturated rings. The van der Waals surface area contributed by atoms with Crippen LogP contribution in [0.2, 0.25) is 0 Å². The van der Waals surface area contributed by atoms with E-state index in [1.165, 1.54) is 37.4 Å². The average molecular weight is 584 g/mol. The molecule has 1 saturated carbocycles. The summed E-state index contributed by atoms with van der Waals surface area (Å²) in [5, 5.41) is 21.5. The molecule has 1 N–H and O–H groups in total. The summed E-state index contributed by atoms with van der Waals surface area (Å²) < 4.78 is 0. The van der Waals surface area contributed by atoms with Crippen LogP contribution in [0.4, 0.5) is 11.4 Å². The number of fused-ring (bicyclic) bond motifs is 4. The number of benzene rings is 2. The number of amides is 4. The van der Waals surface area contributed by atoms with Crippen molar-refractivity contribution in [2.75, 3.05) is 11.9 Å². The Hall–Kier alpha value is -3.76. The zero-order valence-electron chi connectivity index (χ0n) is 21.3. The molecule has 2 aliphatic heterocycles. The van der Waals surface area contributed by atoms with Gasteiger partial charge >= 0.3 is 0 Å². The number of likely N-dealkylation sites (tertiary alicyclic amines) is 1. The number of nitro groups is 1. The van der Waals surface area contributed by atoms with Crippen LogP contribution in [0.25, 0.3) is 0 Å². The first-order valence-corrected chi connectivity index (χ1v) is 13.4. The summed E-state index contributed by atoms with van der Waals surface area (Å²) in [5.41, 5.74) is 1.49. The highest BCUT2D eigenvalue weighted by atomic mass is 35.5. The molecule has 2 heterocycles. The van der Waals surface area contributed by atoms with E-state index < -0.39 is 62.0 Å². The van der Waals surface area contributed by atoms with Crippen LogP contribution in [-0.2, 0) is 19.2 Å². The quantitative estimate of drug-likeness (QED) is 0.190. The number of anilines is 1. The Morgan fingerprint density at radius 3 is 2.42 bits per heavy atom. The molecule has 6 atom stereocenters. The maximum absolute atomic E-state index is 14.0. The number of phenolic OH excluding ortho intramolecular Hbond substituents is 1. The number of aromatic hydroxyl groups is 1. The van der Waals surface area contributed by atoms with E-state index in [4.69, 9.17) is 23.2 Å². The summed E-state index contributed by atoms with van der Waals surface area (Å²) >= 11 is 14.2. The number of non-ortho nitro benzene ring substituents is 1. The lowest BCUT2D eigenvalue weighted by molar-refractivity contribution is -0.384. The van der Waals surface area contributed by atoms with Gasteiger partial charge in [0.2, 0.25) is 11.8 Å². The maximum atomic E-state index is 14.0. The molecule has 6 rings (SSSR count). The number of halogens is 2. The Bertz CT molecular complexity index is 1590. The third-order valence-electron chi connectivity index (χ3n) is 8.87. The van der Waals surface area contributed by atoms with E-state index in [1.807, 2.05) is 0 Å². The average Bonchev–Trinajstić information content (AvgIpc) is 3.25. The van der Waals surface area contributed by atoms with Crippen LogP contribution in [0.5, 0.6) is 5.75 Å². The van der Waals surface area contributed by atoms with Crippen molar-refractivity contribution >= 4 is 58.2 Å². The molecule has 10 nitrogen and oxygen atoms in total. The number of nitrogens with zero attached hydrogens (tertiary/aromatic N) is 3. The molecule has 4 amide bonds. The number of hydrogen-bond donors (Lipinski definition) is 1. The molecule has 2 saturated heterocycles. The van der Waals surface area contributed by atoms with Crippen LogP contribution in [-0.4, -0.2) is 55.4 Å². The monoisotopic (exact) mass is 583 g/mol. The SMILES string of the molecule is Cc1cc(C2C3=CCC4C(=O)N(c5cccc([N+](=O)[O-])c5)C(=O)C4C3CC3(Cl)C(=O)N(C)C(=O)C23Cl)ccc1O. The Balaban J connectivity index is 1.50. The van der Waals surface area contributed by atoms with Gasteiger partial charge in [0.1, 0.15) is 5.75 Å². The second-order valence-corrected chi connectivity index (χ2v) is 12.1. The number of carbonyl (C=O) groups excluding carboxylic acids is 4. The number of nitro benzene ring substituents is 1. The third-order valence-corrected chi connectivity index (χ3v) is 10.3. The van der Waals surface area contributed by atoms with Gasteiger partial charge in [-0.2, -0.15) is 0 Å². The molecule has 4 aliphatic rings. The van der Waals surface area contributed by atoms with Gasteiger partial charge in [-0.1, -0.05) is 29.8 Å². The van der Waals surface area contributed by atoms with E-state index in [0.29, 0.717) is 16.7 Å². The lowest BCUT2D eigenvalue weighted by atomic mass is 9.56. The molecule has 206 valence electrons. The van der Waals surface area contributed by atoms with Crippen LogP contribution in [0.3, 0.4) is 0 Å². The van der Waals surface area contributed by atoms with E-state index in [2.05, 4.69) is 0 Å². The van der Waals surface area contributed by atoms with Crippen molar-refractivity contribution < 1.29 is 29.2 Å². The van der Waals surface area contributed by atoms with Crippen molar-refractivity contribution in [1.82, 2.24) is 4.90 Å². The predicted octanol–water partition coefficient (Wildman–Crippen LogP) is 3.80. The molecule has 2 aromatic rings. The van der Waals surface area contributed by atoms with E-state index in [1.54, 1.807) is 25.1 Å². The fraction of sp³-hybridized carbons (Fsp3) is 0.357. The van der Waals surface area contributed by atoms with E-state index >= 15 is 0 Å². The second-order valence-electron chi connectivity index (χ2n) is 10.8. The highest BCUT2D eigenvalue weighted by molar-refractivity contribution is 6.53. The minimum atomic E-state index is -1.91. The number of phenols is 1. The first kappa shape index (κ1) is 26.5. The number of allylic oxidation sites excluding steroid dienone is 2. The number of alkyl halides is 2. The van der Waals surface area contributed by atoms with Gasteiger partial charge in [-0.3, -0.25) is 34.2 Å². The van der Waals surface area contributed by atoms with Gasteiger partial charge < -0.3 is 5.11 Å². The van der Waals surface area contributed by atoms with Crippen LogP contribution >= 0.6 is 23.2 Å². The first-order valence-electron chi connectivity index (χ1n) is 12.6. The molecule has 40 heavy (non-hydrogen) atoms. The second kappa shape index (κ2) is 8.62. The minimum Gasteiger partial charge on any atom is -0.508 e. The van der Waals surface area contributed by atoms with Gasteiger partial charge in [0.05, 0.1) is 22.4 Å². The Morgan fingerprint density at radius 2 is 1.75 bits per heavy atom. The standard InChI is InChI=1S/C28H23Cl2N3O7/c1-13-10-14(6-9-20(13)34)22-17-7-8-18-21(19(17)12-27(29)25(37)31(2)26(38)28(22,27)30)24(36)32(23(18)35)15-4-3-5-16(11-15)33(39)40/h3-7,9-11,18-19,21-22,34H,8,12H2,1-2H3. The number of rotatable bonds is 3. The van der Waals surface area contributed by atoms with Gasteiger partial charge in [-0.25, -0.2) is 4.90 Å². The predicted molar refractivity (Wildman–Crippen MR) is 144 cm³/mol. The molecule has 0 aromatic heterocycles. The molecule has 0 bridgehead atoms. The zero-order chi connectivity index (χ0) is 28.9. The fourth-order valence-corrected chi connectivity index (χ4v) is 8.00. The fourth-order valence-electron chi connectivity index (χ4n) is 6.98. The number of carbonyl (C=O) groups is 4. The van der Waals surface area contributed by atoms with E-state index in [0.717, 1.165) is 9.80 Å². The summed E-state index contributed by atoms with van der Waals surface area (Å²) in [6.07, 6.45) is 1.81. The largest absolute Gasteiger partial charge is 0.508 e. The summed E-state index contributed by atoms with van der Waals surface area (Å²) in [6.45, 7) is 1.68. The van der Waals surface area contributed by atoms with Crippen molar-refractivity contribution in [1.29, 1.82) is 0 Å². The topological polar surface area (TPSA) is 138 Å². The van der Waals surface area contributed by atoms with Crippen LogP contribution in [0.1, 0.15) is 29.9 Å². The molecule has 6 unspecified atom stereocenters. The summed E-state index contributed by atoms with van der Waals surface area (Å²) in [4.78, 5) is 63.4. The summed E-state index contributed by atoms with van der Waals surface area (Å²) in [7, 11) is 1.31. The van der Waals surface area contributed by atoms with Crippen molar-refractivity contribution in [3.05, 3.63) is 75.4 Å². The summed E-state index contributed by atoms with van der Waals surface area (Å²) in [6, 6.07) is 10.0. The van der Waals surface area contributed by atoms with Gasteiger partial charge in [-0.15, -0.1) is 23.2 Å². The highest BCUT2D eigenvalue weighted by Gasteiger charge is 2.75. The van der Waals surface area contributed by atoms with Gasteiger partial charge in [0.25, 0.3) is 17.5 Å². The van der Waals surface area contributed by atoms with Crippen LogP contribution in [0, 0.1) is 34.8 Å². The number of aryl methyl sites for hydroxylation is 1. The molecular formula is C28H23Cl2N3O7. The smallest absolute Gasteiger partial charge is 0.271 e. The number of imide groups is 2. The van der Waals surface area contributed by atoms with E-state index in [-0.39, 0.29) is 30.0 Å². The van der Waals surface area contributed by atoms with Crippen LogP contribution in [0.15, 0.2) is 54.1 Å². The zero-order valence-corrected chi connectivity index (χ0v) is 22.8. The molecule has 12 heteroatoms. The minimum absolute atomic E-state index is 0.0321. The summed E-state index contributed by atoms with van der Waals surface area (Å²) in [5.74, 6) is -5.73. The van der Waals surface area contributed by atoms with Crippen molar-refractivity contribution in [3.63, 3.8) is 0 Å². The highest BCUT2D eigenvalue weighted by Crippen LogP contribution is 2.65. The maximum Gasteiger partial charge on any atom is 0.271 e. The van der Waals surface area contributed by atoms with Gasteiger partial charge in [0.15, 0.2) is 9.75 Å². The van der Waals surface area contributed by atoms with Gasteiger partial charge in [0, 0.05) is 25.1 Å². The Morgan fingerprint density at radius 1 is 1.02 bits per heavy atom. The molecule has 2 aromatic carbocycles. The van der Waals surface area contributed by atoms with Crippen molar-refractivity contribution in [2.24, 2.45) is 17.8 Å². The third kappa shape index (κ3) is 3.23. The molecule has 0 radical (unpaired) electrons. The number of hydrogen-bond acceptors (Lipinski definition) is 7. The lowest BCUT2D eigenvalue weighted by Crippen LogP contribution is -2.60. The van der Waals surface area contributed by atoms with Gasteiger partial charge in [-0.05, 0) is 48.9 Å². The first-order chi connectivity index (χ1) is 18.8. The molecule has 2 aliphatic carbocycles. The Labute approximate surface area is 238 Å². The molecular weight excluding hydrogens is 561 g/mol. The van der Waals surface area contributed by atoms with E-state index in [9.17, 15) is 34.4 Å².